The van der Waals surface area contributed by atoms with Crippen LogP contribution in [0.5, 0.6) is 0 Å². The monoisotopic (exact) mass is 192 g/mol. The highest BCUT2D eigenvalue weighted by molar-refractivity contribution is 5.92. The molecule has 2 N–H and O–H groups in total. The van der Waals surface area contributed by atoms with E-state index in [0.717, 1.165) is 0 Å². The summed E-state index contributed by atoms with van der Waals surface area (Å²) >= 11 is 0. The summed E-state index contributed by atoms with van der Waals surface area (Å²) in [5.41, 5.74) is 0.822. The molecule has 0 fully saturated rings. The van der Waals surface area contributed by atoms with Crippen LogP contribution in [0.3, 0.4) is 0 Å². The van der Waals surface area contributed by atoms with E-state index >= 15 is 0 Å². The SMILES string of the molecule is Cc1c(C(=O)O)cn2[nH]ccc(=O)c12. The number of aromatic nitrogens is 2. The maximum absolute atomic E-state index is 11.4. The Bertz CT molecular complexity index is 565. The van der Waals surface area contributed by atoms with E-state index in [9.17, 15) is 9.59 Å². The number of H-pyrrole nitrogens is 1. The minimum absolute atomic E-state index is 0.143. The molecule has 2 heterocycles. The van der Waals surface area contributed by atoms with Crippen LogP contribution in [0.15, 0.2) is 23.3 Å². The van der Waals surface area contributed by atoms with Gasteiger partial charge in [0.1, 0.15) is 5.52 Å². The molecule has 5 heteroatoms. The lowest BCUT2D eigenvalue weighted by atomic mass is 10.2. The average molecular weight is 192 g/mol. The van der Waals surface area contributed by atoms with E-state index in [-0.39, 0.29) is 11.0 Å². The quantitative estimate of drug-likeness (QED) is 0.696. The Balaban J connectivity index is 2.94. The van der Waals surface area contributed by atoms with Gasteiger partial charge in [0.15, 0.2) is 0 Å². The number of carboxylic acids is 1. The molecule has 2 aromatic rings. The van der Waals surface area contributed by atoms with Crippen LogP contribution in [0, 0.1) is 6.92 Å². The van der Waals surface area contributed by atoms with Crippen LogP contribution >= 0.6 is 0 Å². The van der Waals surface area contributed by atoms with Crippen molar-refractivity contribution in [2.24, 2.45) is 0 Å². The van der Waals surface area contributed by atoms with E-state index in [4.69, 9.17) is 5.11 Å². The van der Waals surface area contributed by atoms with Crippen LogP contribution in [-0.2, 0) is 0 Å². The molecule has 0 amide bonds. The van der Waals surface area contributed by atoms with Crippen molar-refractivity contribution in [2.45, 2.75) is 6.92 Å². The topological polar surface area (TPSA) is 74.6 Å². The van der Waals surface area contributed by atoms with Crippen LogP contribution in [0.4, 0.5) is 0 Å². The number of hydrogen-bond donors (Lipinski definition) is 2. The molecule has 14 heavy (non-hydrogen) atoms. The van der Waals surface area contributed by atoms with Gasteiger partial charge in [-0.15, -0.1) is 0 Å². The van der Waals surface area contributed by atoms with Gasteiger partial charge >= 0.3 is 5.97 Å². The molecule has 0 unspecified atom stereocenters. The van der Waals surface area contributed by atoms with Crippen LogP contribution in [0.25, 0.3) is 5.52 Å². The summed E-state index contributed by atoms with van der Waals surface area (Å²) in [7, 11) is 0. The Morgan fingerprint density at radius 2 is 2.29 bits per heavy atom. The van der Waals surface area contributed by atoms with Crippen LogP contribution in [0.2, 0.25) is 0 Å². The van der Waals surface area contributed by atoms with Crippen molar-refractivity contribution in [3.63, 3.8) is 0 Å². The summed E-state index contributed by atoms with van der Waals surface area (Å²) in [4.78, 5) is 22.2. The molecule has 0 saturated heterocycles. The Morgan fingerprint density at radius 1 is 1.57 bits per heavy atom. The smallest absolute Gasteiger partial charge is 0.337 e. The van der Waals surface area contributed by atoms with E-state index < -0.39 is 5.97 Å². The first-order valence-corrected chi connectivity index (χ1v) is 4.04. The van der Waals surface area contributed by atoms with Gasteiger partial charge in [0, 0.05) is 18.5 Å². The molecule has 2 aromatic heterocycles. The Hall–Kier alpha value is -2.04. The number of hydrogen-bond acceptors (Lipinski definition) is 2. The highest BCUT2D eigenvalue weighted by atomic mass is 16.4. The molecule has 0 aromatic carbocycles. The molecule has 2 rings (SSSR count). The summed E-state index contributed by atoms with van der Waals surface area (Å²) in [6.07, 6.45) is 2.87. The fraction of sp³-hybridized carbons (Fsp3) is 0.111. The maximum Gasteiger partial charge on any atom is 0.337 e. The van der Waals surface area contributed by atoms with E-state index in [1.54, 1.807) is 6.92 Å². The molecular weight excluding hydrogens is 184 g/mol. The maximum atomic E-state index is 11.4. The second-order valence-corrected chi connectivity index (χ2v) is 3.02. The average Bonchev–Trinajstić information content (AvgIpc) is 2.45. The zero-order valence-corrected chi connectivity index (χ0v) is 7.44. The van der Waals surface area contributed by atoms with Crippen LogP contribution < -0.4 is 5.43 Å². The Morgan fingerprint density at radius 3 is 2.86 bits per heavy atom. The number of rotatable bonds is 1. The first-order chi connectivity index (χ1) is 6.61. The third-order valence-electron chi connectivity index (χ3n) is 2.17. The number of aromatic carboxylic acids is 1. The van der Waals surface area contributed by atoms with Crippen molar-refractivity contribution < 1.29 is 9.90 Å². The molecule has 0 aliphatic rings. The van der Waals surface area contributed by atoms with E-state index in [1.165, 1.54) is 23.0 Å². The van der Waals surface area contributed by atoms with Crippen molar-refractivity contribution in [2.75, 3.05) is 0 Å². The van der Waals surface area contributed by atoms with Gasteiger partial charge in [0.25, 0.3) is 0 Å². The molecule has 0 aliphatic heterocycles. The van der Waals surface area contributed by atoms with E-state index in [1.807, 2.05) is 0 Å². The van der Waals surface area contributed by atoms with Gasteiger partial charge in [0.05, 0.1) is 5.56 Å². The molecule has 0 radical (unpaired) electrons. The summed E-state index contributed by atoms with van der Waals surface area (Å²) in [5.74, 6) is -1.03. The van der Waals surface area contributed by atoms with Gasteiger partial charge in [-0.2, -0.15) is 0 Å². The number of nitrogens with zero attached hydrogens (tertiary/aromatic N) is 1. The zero-order chi connectivity index (χ0) is 10.3. The normalized spacial score (nSPS) is 10.6. The highest BCUT2D eigenvalue weighted by Gasteiger charge is 2.14. The van der Waals surface area contributed by atoms with Crippen LogP contribution in [0.1, 0.15) is 15.9 Å². The summed E-state index contributed by atoms with van der Waals surface area (Å²) in [6, 6.07) is 1.37. The Kier molecular flexibility index (Phi) is 1.67. The Labute approximate surface area is 78.6 Å². The van der Waals surface area contributed by atoms with Crippen molar-refractivity contribution in [1.82, 2.24) is 9.61 Å². The van der Waals surface area contributed by atoms with Gasteiger partial charge in [-0.3, -0.25) is 9.31 Å². The second kappa shape index (κ2) is 2.73. The predicted octanol–water partition coefficient (Wildman–Crippen LogP) is 0.634. The predicted molar refractivity (Wildman–Crippen MR) is 49.7 cm³/mol. The first kappa shape index (κ1) is 8.55. The van der Waals surface area contributed by atoms with Crippen LogP contribution in [-0.4, -0.2) is 20.7 Å². The molecule has 0 aliphatic carbocycles. The summed E-state index contributed by atoms with van der Waals surface area (Å²) in [5, 5.41) is 11.6. The summed E-state index contributed by atoms with van der Waals surface area (Å²) < 4.78 is 1.42. The number of aromatic amines is 1. The standard InChI is InChI=1S/C9H8N2O3/c1-5-6(9(13)14)4-11-8(5)7(12)2-3-10-11/h2-4,10H,1H3,(H,13,14). The van der Waals surface area contributed by atoms with Crippen molar-refractivity contribution in [3.8, 4) is 0 Å². The van der Waals surface area contributed by atoms with Crippen molar-refractivity contribution >= 4 is 11.5 Å². The zero-order valence-electron chi connectivity index (χ0n) is 7.44. The fourth-order valence-electron chi connectivity index (χ4n) is 1.49. The number of carboxylic acid groups (broad SMARTS) is 1. The summed E-state index contributed by atoms with van der Waals surface area (Å²) in [6.45, 7) is 1.62. The minimum Gasteiger partial charge on any atom is -0.478 e. The number of aryl methyl sites for hydroxylation is 1. The lowest BCUT2D eigenvalue weighted by Crippen LogP contribution is -2.05. The molecule has 0 bridgehead atoms. The van der Waals surface area contributed by atoms with Gasteiger partial charge in [-0.1, -0.05) is 0 Å². The number of nitrogens with one attached hydrogen (secondary N) is 1. The molecule has 0 atom stereocenters. The number of carbonyl (C=O) groups is 1. The fourth-order valence-corrected chi connectivity index (χ4v) is 1.49. The lowest BCUT2D eigenvalue weighted by Gasteiger charge is -1.92. The third kappa shape index (κ3) is 1.02. The third-order valence-corrected chi connectivity index (χ3v) is 2.17. The second-order valence-electron chi connectivity index (χ2n) is 3.02. The van der Waals surface area contributed by atoms with Gasteiger partial charge in [-0.25, -0.2) is 4.79 Å². The van der Waals surface area contributed by atoms with E-state index in [0.29, 0.717) is 11.1 Å². The lowest BCUT2D eigenvalue weighted by molar-refractivity contribution is 0.0696. The molecule has 0 saturated carbocycles. The van der Waals surface area contributed by atoms with Crippen molar-refractivity contribution in [3.05, 3.63) is 39.8 Å². The van der Waals surface area contributed by atoms with Crippen molar-refractivity contribution in [1.29, 1.82) is 0 Å². The number of fused-ring (bicyclic) bond motifs is 1. The first-order valence-electron chi connectivity index (χ1n) is 4.04. The molecular formula is C9H8N2O3. The van der Waals surface area contributed by atoms with Gasteiger partial charge in [0.2, 0.25) is 5.43 Å². The van der Waals surface area contributed by atoms with E-state index in [2.05, 4.69) is 5.10 Å². The van der Waals surface area contributed by atoms with Gasteiger partial charge in [-0.05, 0) is 12.5 Å². The molecule has 72 valence electrons. The largest absolute Gasteiger partial charge is 0.478 e. The minimum atomic E-state index is -1.03. The van der Waals surface area contributed by atoms with Gasteiger partial charge < -0.3 is 10.2 Å². The molecule has 0 spiro atoms. The molecule has 5 nitrogen and oxygen atoms in total. The highest BCUT2D eigenvalue weighted by Crippen LogP contribution is 2.12.